The zero-order valence-corrected chi connectivity index (χ0v) is 9.55. The third-order valence-electron chi connectivity index (χ3n) is 2.72. The van der Waals surface area contributed by atoms with Crippen LogP contribution in [0.5, 0.6) is 0 Å². The fourth-order valence-corrected chi connectivity index (χ4v) is 2.19. The maximum Gasteiger partial charge on any atom is 0.0621 e. The molecule has 1 fully saturated rings. The average molecular weight is 195 g/mol. The van der Waals surface area contributed by atoms with Crippen molar-refractivity contribution in [3.05, 3.63) is 0 Å². The van der Waals surface area contributed by atoms with Gasteiger partial charge in [0.1, 0.15) is 0 Å². The zero-order chi connectivity index (χ0) is 10.6. The van der Waals surface area contributed by atoms with Crippen LogP contribution in [0.4, 0.5) is 0 Å². The Hall–Kier alpha value is -0.550. The Labute approximate surface area is 87.3 Å². The first kappa shape index (κ1) is 11.5. The van der Waals surface area contributed by atoms with Crippen LogP contribution < -0.4 is 0 Å². The number of nitriles is 1. The fourth-order valence-electron chi connectivity index (χ4n) is 2.19. The van der Waals surface area contributed by atoms with E-state index in [0.717, 1.165) is 6.42 Å². The van der Waals surface area contributed by atoms with Crippen molar-refractivity contribution in [2.45, 2.75) is 64.6 Å². The van der Waals surface area contributed by atoms with Crippen LogP contribution in [0.2, 0.25) is 0 Å². The second-order valence-corrected chi connectivity index (χ2v) is 5.16. The Bertz CT molecular complexity index is 211. The van der Waals surface area contributed by atoms with E-state index < -0.39 is 0 Å². The zero-order valence-electron chi connectivity index (χ0n) is 9.55. The molecule has 1 aliphatic rings. The second kappa shape index (κ2) is 4.79. The standard InChI is InChI=1S/C12H21NO/c1-12(2,3)14-11-8-4-6-10(11)7-5-9-13/h10-11H,4-8H2,1-3H3/t10-,11+/m0/s1. The van der Waals surface area contributed by atoms with Gasteiger partial charge >= 0.3 is 0 Å². The molecule has 0 radical (unpaired) electrons. The van der Waals surface area contributed by atoms with E-state index in [2.05, 4.69) is 26.8 Å². The molecule has 1 saturated carbocycles. The maximum absolute atomic E-state index is 8.55. The largest absolute Gasteiger partial charge is 0.372 e. The molecule has 0 heterocycles. The summed E-state index contributed by atoms with van der Waals surface area (Å²) in [5.41, 5.74) is -0.0418. The first-order valence-corrected chi connectivity index (χ1v) is 5.58. The molecule has 0 aromatic heterocycles. The summed E-state index contributed by atoms with van der Waals surface area (Å²) in [6, 6.07) is 2.22. The molecular formula is C12H21NO. The van der Waals surface area contributed by atoms with Gasteiger partial charge in [-0.1, -0.05) is 6.42 Å². The molecule has 0 N–H and O–H groups in total. The molecule has 2 heteroatoms. The summed E-state index contributed by atoms with van der Waals surface area (Å²) in [5.74, 6) is 0.619. The first-order valence-electron chi connectivity index (χ1n) is 5.58. The van der Waals surface area contributed by atoms with E-state index in [4.69, 9.17) is 10.00 Å². The highest BCUT2D eigenvalue weighted by atomic mass is 16.5. The smallest absolute Gasteiger partial charge is 0.0621 e. The molecule has 80 valence electrons. The van der Waals surface area contributed by atoms with Crippen molar-refractivity contribution < 1.29 is 4.74 Å². The van der Waals surface area contributed by atoms with Crippen LogP contribution in [-0.4, -0.2) is 11.7 Å². The number of ether oxygens (including phenoxy) is 1. The Kier molecular flexibility index (Phi) is 3.95. The Morgan fingerprint density at radius 1 is 1.36 bits per heavy atom. The van der Waals surface area contributed by atoms with Gasteiger partial charge in [0.2, 0.25) is 0 Å². The van der Waals surface area contributed by atoms with E-state index in [0.29, 0.717) is 18.4 Å². The van der Waals surface area contributed by atoms with Gasteiger partial charge in [0.05, 0.1) is 17.8 Å². The quantitative estimate of drug-likeness (QED) is 0.692. The minimum atomic E-state index is -0.0418. The molecule has 0 aliphatic heterocycles. The van der Waals surface area contributed by atoms with Gasteiger partial charge in [0.25, 0.3) is 0 Å². The number of hydrogen-bond acceptors (Lipinski definition) is 2. The number of nitrogens with zero attached hydrogens (tertiary/aromatic N) is 1. The summed E-state index contributed by atoms with van der Waals surface area (Å²) in [6.45, 7) is 6.31. The van der Waals surface area contributed by atoms with E-state index >= 15 is 0 Å². The molecule has 0 bridgehead atoms. The molecule has 0 unspecified atom stereocenters. The van der Waals surface area contributed by atoms with Gasteiger partial charge in [0, 0.05) is 6.42 Å². The van der Waals surface area contributed by atoms with Gasteiger partial charge in [-0.2, -0.15) is 5.26 Å². The van der Waals surface area contributed by atoms with Crippen molar-refractivity contribution in [3.63, 3.8) is 0 Å². The summed E-state index contributed by atoms with van der Waals surface area (Å²) in [5, 5.41) is 8.55. The molecule has 0 saturated heterocycles. The molecule has 14 heavy (non-hydrogen) atoms. The van der Waals surface area contributed by atoms with Crippen LogP contribution in [0.15, 0.2) is 0 Å². The van der Waals surface area contributed by atoms with Crippen molar-refractivity contribution in [3.8, 4) is 6.07 Å². The fraction of sp³-hybridized carbons (Fsp3) is 0.917. The normalized spacial score (nSPS) is 27.6. The van der Waals surface area contributed by atoms with Gasteiger partial charge in [-0.25, -0.2) is 0 Å². The summed E-state index contributed by atoms with van der Waals surface area (Å²) >= 11 is 0. The predicted molar refractivity (Wildman–Crippen MR) is 56.8 cm³/mol. The highest BCUT2D eigenvalue weighted by Crippen LogP contribution is 2.33. The summed E-state index contributed by atoms with van der Waals surface area (Å²) < 4.78 is 6.00. The Morgan fingerprint density at radius 2 is 2.07 bits per heavy atom. The highest BCUT2D eigenvalue weighted by molar-refractivity contribution is 4.83. The van der Waals surface area contributed by atoms with Crippen molar-refractivity contribution in [1.29, 1.82) is 5.26 Å². The van der Waals surface area contributed by atoms with Gasteiger partial charge in [-0.15, -0.1) is 0 Å². The predicted octanol–water partition coefficient (Wildman–Crippen LogP) is 3.27. The van der Waals surface area contributed by atoms with Gasteiger partial charge in [-0.05, 0) is 46.0 Å². The molecule has 2 nitrogen and oxygen atoms in total. The van der Waals surface area contributed by atoms with E-state index in [-0.39, 0.29) is 5.60 Å². The van der Waals surface area contributed by atoms with E-state index in [1.54, 1.807) is 0 Å². The number of hydrogen-bond donors (Lipinski definition) is 0. The van der Waals surface area contributed by atoms with Crippen molar-refractivity contribution >= 4 is 0 Å². The highest BCUT2D eigenvalue weighted by Gasteiger charge is 2.30. The van der Waals surface area contributed by atoms with E-state index in [9.17, 15) is 0 Å². The van der Waals surface area contributed by atoms with Gasteiger partial charge < -0.3 is 4.74 Å². The van der Waals surface area contributed by atoms with Crippen LogP contribution in [-0.2, 0) is 4.74 Å². The average Bonchev–Trinajstić information content (AvgIpc) is 2.45. The maximum atomic E-state index is 8.55. The summed E-state index contributed by atoms with van der Waals surface area (Å²) in [7, 11) is 0. The lowest BCUT2D eigenvalue weighted by atomic mass is 9.99. The monoisotopic (exact) mass is 195 g/mol. The lowest BCUT2D eigenvalue weighted by molar-refractivity contribution is -0.0759. The van der Waals surface area contributed by atoms with Crippen molar-refractivity contribution in [2.75, 3.05) is 0 Å². The van der Waals surface area contributed by atoms with Crippen LogP contribution in [0.3, 0.4) is 0 Å². The molecule has 0 spiro atoms. The molecule has 2 atom stereocenters. The van der Waals surface area contributed by atoms with Crippen molar-refractivity contribution in [1.82, 2.24) is 0 Å². The second-order valence-electron chi connectivity index (χ2n) is 5.16. The Morgan fingerprint density at radius 3 is 2.64 bits per heavy atom. The SMILES string of the molecule is CC(C)(C)O[C@@H]1CCC[C@H]1CCC#N. The summed E-state index contributed by atoms with van der Waals surface area (Å²) in [4.78, 5) is 0. The minimum Gasteiger partial charge on any atom is -0.372 e. The van der Waals surface area contributed by atoms with Crippen LogP contribution >= 0.6 is 0 Å². The molecule has 1 rings (SSSR count). The van der Waals surface area contributed by atoms with Gasteiger partial charge in [-0.3, -0.25) is 0 Å². The molecule has 0 amide bonds. The topological polar surface area (TPSA) is 33.0 Å². The minimum absolute atomic E-state index is 0.0418. The van der Waals surface area contributed by atoms with Crippen LogP contribution in [0, 0.1) is 17.2 Å². The summed E-state index contributed by atoms with van der Waals surface area (Å²) in [6.07, 6.45) is 5.75. The van der Waals surface area contributed by atoms with E-state index in [1.165, 1.54) is 19.3 Å². The van der Waals surface area contributed by atoms with E-state index in [1.807, 2.05) is 0 Å². The third-order valence-corrected chi connectivity index (χ3v) is 2.72. The third kappa shape index (κ3) is 3.67. The molecule has 0 aromatic rings. The Balaban J connectivity index is 2.40. The molecule has 1 aliphatic carbocycles. The lowest BCUT2D eigenvalue weighted by Crippen LogP contribution is -2.29. The van der Waals surface area contributed by atoms with Gasteiger partial charge in [0.15, 0.2) is 0 Å². The van der Waals surface area contributed by atoms with Crippen LogP contribution in [0.1, 0.15) is 52.9 Å². The molecule has 0 aromatic carbocycles. The van der Waals surface area contributed by atoms with Crippen molar-refractivity contribution in [2.24, 2.45) is 5.92 Å². The molecular weight excluding hydrogens is 174 g/mol. The first-order chi connectivity index (χ1) is 6.53. The van der Waals surface area contributed by atoms with Crippen LogP contribution in [0.25, 0.3) is 0 Å². The number of rotatable bonds is 3. The lowest BCUT2D eigenvalue weighted by Gasteiger charge is -2.28.